The van der Waals surface area contributed by atoms with Crippen LogP contribution in [0.1, 0.15) is 51.3 Å². The predicted molar refractivity (Wildman–Crippen MR) is 77.9 cm³/mol. The maximum absolute atomic E-state index is 5.62. The quantitative estimate of drug-likeness (QED) is 0.795. The number of ether oxygens (including phenoxy) is 1. The molecule has 102 valence electrons. The van der Waals surface area contributed by atoms with Gasteiger partial charge in [-0.15, -0.1) is 0 Å². The van der Waals surface area contributed by atoms with Gasteiger partial charge in [0.05, 0.1) is 11.6 Å². The maximum atomic E-state index is 5.62. The van der Waals surface area contributed by atoms with Crippen molar-refractivity contribution in [3.8, 4) is 0 Å². The molecule has 18 heavy (non-hydrogen) atoms. The highest BCUT2D eigenvalue weighted by Crippen LogP contribution is 2.28. The van der Waals surface area contributed by atoms with Crippen molar-refractivity contribution in [2.24, 2.45) is 0 Å². The van der Waals surface area contributed by atoms with E-state index in [1.165, 1.54) is 17.5 Å². The smallest absolute Gasteiger partial charge is 0.0816 e. The molecule has 0 aromatic heterocycles. The van der Waals surface area contributed by atoms with E-state index < -0.39 is 0 Å². The lowest BCUT2D eigenvalue weighted by Crippen LogP contribution is -2.40. The van der Waals surface area contributed by atoms with Gasteiger partial charge in [-0.3, -0.25) is 0 Å². The highest BCUT2D eigenvalue weighted by Gasteiger charge is 2.29. The van der Waals surface area contributed by atoms with Crippen LogP contribution in [0.25, 0.3) is 0 Å². The molecule has 1 atom stereocenters. The Labute approximate surface area is 112 Å². The van der Waals surface area contributed by atoms with Crippen molar-refractivity contribution in [1.82, 2.24) is 5.32 Å². The molecule has 0 spiro atoms. The topological polar surface area (TPSA) is 21.3 Å². The van der Waals surface area contributed by atoms with Gasteiger partial charge in [0.2, 0.25) is 0 Å². The Kier molecular flexibility index (Phi) is 5.83. The molecule has 0 aliphatic heterocycles. The van der Waals surface area contributed by atoms with Crippen LogP contribution in [0, 0.1) is 0 Å². The molecular formula is C16H27NO. The van der Waals surface area contributed by atoms with Gasteiger partial charge in [-0.1, -0.05) is 44.5 Å². The molecule has 0 radical (unpaired) electrons. The summed E-state index contributed by atoms with van der Waals surface area (Å²) in [5.41, 5.74) is 2.50. The lowest BCUT2D eigenvalue weighted by atomic mass is 9.90. The predicted octanol–water partition coefficient (Wildman–Crippen LogP) is 3.71. The van der Waals surface area contributed by atoms with Crippen molar-refractivity contribution >= 4 is 0 Å². The maximum Gasteiger partial charge on any atom is 0.0816 e. The Bertz CT molecular complexity index is 343. The number of rotatable bonds is 7. The molecule has 0 aliphatic rings. The Hall–Kier alpha value is -0.860. The van der Waals surface area contributed by atoms with E-state index in [0.717, 1.165) is 13.0 Å². The normalized spacial score (nSPS) is 13.6. The van der Waals surface area contributed by atoms with Gasteiger partial charge in [0.15, 0.2) is 0 Å². The summed E-state index contributed by atoms with van der Waals surface area (Å²) in [5.74, 6) is 0. The number of aryl methyl sites for hydroxylation is 1. The molecule has 1 unspecified atom stereocenters. The highest BCUT2D eigenvalue weighted by molar-refractivity contribution is 5.27. The molecular weight excluding hydrogens is 222 g/mol. The molecule has 0 fully saturated rings. The van der Waals surface area contributed by atoms with Gasteiger partial charge in [0.1, 0.15) is 0 Å². The van der Waals surface area contributed by atoms with E-state index in [2.05, 4.69) is 57.3 Å². The summed E-state index contributed by atoms with van der Waals surface area (Å²) in [4.78, 5) is 0. The van der Waals surface area contributed by atoms with Crippen LogP contribution in [-0.4, -0.2) is 19.3 Å². The number of nitrogens with one attached hydrogen (secondary N) is 1. The van der Waals surface area contributed by atoms with Crippen molar-refractivity contribution < 1.29 is 4.74 Å². The monoisotopic (exact) mass is 249 g/mol. The van der Waals surface area contributed by atoms with E-state index in [1.54, 1.807) is 7.11 Å². The molecule has 1 aromatic carbocycles. The number of hydrogen-bond acceptors (Lipinski definition) is 2. The van der Waals surface area contributed by atoms with Crippen molar-refractivity contribution in [3.05, 3.63) is 35.4 Å². The molecule has 0 heterocycles. The van der Waals surface area contributed by atoms with Crippen LogP contribution >= 0.6 is 0 Å². The lowest BCUT2D eigenvalue weighted by molar-refractivity contribution is -0.0106. The molecule has 0 saturated heterocycles. The third kappa shape index (κ3) is 3.82. The standard InChI is InChI=1S/C16H27NO/c1-6-8-13-9-11-14(12-10-13)15(17-7-2)16(3,4)18-5/h9-12,15,17H,6-8H2,1-5H3. The summed E-state index contributed by atoms with van der Waals surface area (Å²) in [7, 11) is 1.77. The van der Waals surface area contributed by atoms with Crippen LogP contribution in [-0.2, 0) is 11.2 Å². The van der Waals surface area contributed by atoms with Crippen LogP contribution in [0.2, 0.25) is 0 Å². The zero-order valence-electron chi connectivity index (χ0n) is 12.4. The van der Waals surface area contributed by atoms with Crippen LogP contribution in [0.3, 0.4) is 0 Å². The molecule has 0 bridgehead atoms. The largest absolute Gasteiger partial charge is 0.377 e. The molecule has 1 N–H and O–H groups in total. The van der Waals surface area contributed by atoms with Crippen molar-refractivity contribution in [2.45, 2.75) is 52.2 Å². The highest BCUT2D eigenvalue weighted by atomic mass is 16.5. The first-order valence-corrected chi connectivity index (χ1v) is 6.92. The van der Waals surface area contributed by atoms with Gasteiger partial charge in [0, 0.05) is 7.11 Å². The minimum Gasteiger partial charge on any atom is -0.377 e. The van der Waals surface area contributed by atoms with Crippen LogP contribution in [0.15, 0.2) is 24.3 Å². The third-order valence-corrected chi connectivity index (χ3v) is 3.48. The van der Waals surface area contributed by atoms with Crippen molar-refractivity contribution in [2.75, 3.05) is 13.7 Å². The Balaban J connectivity index is 2.92. The SMILES string of the molecule is CCCc1ccc(C(NCC)C(C)(C)OC)cc1. The first kappa shape index (κ1) is 15.2. The van der Waals surface area contributed by atoms with E-state index in [-0.39, 0.29) is 11.6 Å². The van der Waals surface area contributed by atoms with Gasteiger partial charge in [0.25, 0.3) is 0 Å². The van der Waals surface area contributed by atoms with E-state index in [4.69, 9.17) is 4.74 Å². The summed E-state index contributed by atoms with van der Waals surface area (Å²) in [5, 5.41) is 3.52. The summed E-state index contributed by atoms with van der Waals surface area (Å²) < 4.78 is 5.62. The number of benzene rings is 1. The minimum atomic E-state index is -0.206. The minimum absolute atomic E-state index is 0.206. The number of methoxy groups -OCH3 is 1. The second kappa shape index (κ2) is 6.91. The second-order valence-electron chi connectivity index (χ2n) is 5.29. The van der Waals surface area contributed by atoms with Crippen molar-refractivity contribution in [3.63, 3.8) is 0 Å². The average molecular weight is 249 g/mol. The van der Waals surface area contributed by atoms with E-state index in [9.17, 15) is 0 Å². The van der Waals surface area contributed by atoms with Gasteiger partial charge in [-0.25, -0.2) is 0 Å². The van der Waals surface area contributed by atoms with Gasteiger partial charge < -0.3 is 10.1 Å². The van der Waals surface area contributed by atoms with E-state index in [1.807, 2.05) is 0 Å². The summed E-state index contributed by atoms with van der Waals surface area (Å²) in [6.45, 7) is 9.53. The molecule has 0 saturated carbocycles. The lowest BCUT2D eigenvalue weighted by Gasteiger charge is -2.34. The van der Waals surface area contributed by atoms with Crippen LogP contribution in [0.5, 0.6) is 0 Å². The summed E-state index contributed by atoms with van der Waals surface area (Å²) in [6, 6.07) is 9.13. The average Bonchev–Trinajstić information content (AvgIpc) is 2.37. The number of hydrogen-bond donors (Lipinski definition) is 1. The molecule has 0 aliphatic carbocycles. The molecule has 0 amide bonds. The Morgan fingerprint density at radius 1 is 1.17 bits per heavy atom. The Morgan fingerprint density at radius 2 is 1.78 bits per heavy atom. The van der Waals surface area contributed by atoms with Gasteiger partial charge in [-0.2, -0.15) is 0 Å². The van der Waals surface area contributed by atoms with E-state index >= 15 is 0 Å². The molecule has 1 aromatic rings. The fraction of sp³-hybridized carbons (Fsp3) is 0.625. The number of likely N-dealkylation sites (N-methyl/N-ethyl adjacent to an activating group) is 1. The first-order chi connectivity index (χ1) is 8.55. The third-order valence-electron chi connectivity index (χ3n) is 3.48. The summed E-state index contributed by atoms with van der Waals surface area (Å²) in [6.07, 6.45) is 2.35. The molecule has 1 rings (SSSR count). The van der Waals surface area contributed by atoms with Crippen LogP contribution < -0.4 is 5.32 Å². The summed E-state index contributed by atoms with van der Waals surface area (Å²) >= 11 is 0. The van der Waals surface area contributed by atoms with Gasteiger partial charge in [-0.05, 0) is 37.9 Å². The zero-order valence-corrected chi connectivity index (χ0v) is 12.4. The first-order valence-electron chi connectivity index (χ1n) is 6.92. The Morgan fingerprint density at radius 3 is 2.22 bits per heavy atom. The van der Waals surface area contributed by atoms with Gasteiger partial charge >= 0.3 is 0 Å². The van der Waals surface area contributed by atoms with Crippen LogP contribution in [0.4, 0.5) is 0 Å². The zero-order chi connectivity index (χ0) is 13.6. The van der Waals surface area contributed by atoms with Crippen molar-refractivity contribution in [1.29, 1.82) is 0 Å². The van der Waals surface area contributed by atoms with E-state index in [0.29, 0.717) is 0 Å². The fourth-order valence-electron chi connectivity index (χ4n) is 2.25. The fourth-order valence-corrected chi connectivity index (χ4v) is 2.25. The second-order valence-corrected chi connectivity index (χ2v) is 5.29. The molecule has 2 nitrogen and oxygen atoms in total. The molecule has 2 heteroatoms.